The summed E-state index contributed by atoms with van der Waals surface area (Å²) in [5.41, 5.74) is 2.60. The Labute approximate surface area is 166 Å². The number of ether oxygens (including phenoxy) is 1. The quantitative estimate of drug-likeness (QED) is 0.733. The number of carbonyl (C=O) groups excluding carboxylic acids is 1. The van der Waals surface area contributed by atoms with E-state index >= 15 is 0 Å². The first-order valence-corrected chi connectivity index (χ1v) is 9.95. The fourth-order valence-corrected chi connectivity index (χ4v) is 3.71. The lowest BCUT2D eigenvalue weighted by Crippen LogP contribution is -2.40. The van der Waals surface area contributed by atoms with E-state index in [1.165, 1.54) is 5.56 Å². The van der Waals surface area contributed by atoms with Crippen molar-refractivity contribution >= 4 is 5.91 Å². The number of piperidine rings is 1. The number of aliphatic hydroxyl groups excluding tert-OH is 1. The van der Waals surface area contributed by atoms with Crippen LogP contribution in [0.1, 0.15) is 41.3 Å². The van der Waals surface area contributed by atoms with Gasteiger partial charge in [0.05, 0.1) is 18.8 Å². The molecule has 1 aliphatic heterocycles. The third kappa shape index (κ3) is 5.53. The largest absolute Gasteiger partial charge is 0.494 e. The van der Waals surface area contributed by atoms with Crippen LogP contribution >= 0.6 is 0 Å². The molecule has 2 N–H and O–H groups in total. The summed E-state index contributed by atoms with van der Waals surface area (Å²) in [6.07, 6.45) is 5.50. The Morgan fingerprint density at radius 3 is 3.04 bits per heavy atom. The summed E-state index contributed by atoms with van der Waals surface area (Å²) in [6.45, 7) is 6.03. The Balaban J connectivity index is 1.53. The number of benzene rings is 1. The zero-order valence-electron chi connectivity index (χ0n) is 16.4. The zero-order chi connectivity index (χ0) is 19.8. The van der Waals surface area contributed by atoms with Crippen LogP contribution in [0.4, 0.5) is 0 Å². The van der Waals surface area contributed by atoms with E-state index in [2.05, 4.69) is 21.3 Å². The lowest BCUT2D eigenvalue weighted by atomic mass is 9.97. The number of rotatable bonds is 8. The minimum atomic E-state index is -0.0654. The first-order valence-electron chi connectivity index (χ1n) is 9.95. The van der Waals surface area contributed by atoms with E-state index in [9.17, 15) is 9.90 Å². The molecular formula is C22H29N3O3. The molecule has 0 radical (unpaired) electrons. The van der Waals surface area contributed by atoms with Crippen molar-refractivity contribution in [2.75, 3.05) is 26.2 Å². The first-order chi connectivity index (χ1) is 13.7. The molecule has 1 fully saturated rings. The number of likely N-dealkylation sites (tertiary alicyclic amines) is 1. The Morgan fingerprint density at radius 2 is 2.29 bits per heavy atom. The lowest BCUT2D eigenvalue weighted by Gasteiger charge is -2.33. The van der Waals surface area contributed by atoms with Crippen molar-refractivity contribution in [3.05, 3.63) is 59.4 Å². The number of nitrogens with zero attached hydrogens (tertiary/aromatic N) is 2. The molecule has 1 aromatic heterocycles. The van der Waals surface area contributed by atoms with E-state index in [-0.39, 0.29) is 12.5 Å². The maximum Gasteiger partial charge on any atom is 0.252 e. The molecule has 1 amide bonds. The number of aromatic nitrogens is 1. The van der Waals surface area contributed by atoms with Gasteiger partial charge in [0.1, 0.15) is 5.75 Å². The molecule has 0 bridgehead atoms. The number of pyridine rings is 1. The molecule has 3 rings (SSSR count). The van der Waals surface area contributed by atoms with E-state index in [0.29, 0.717) is 24.6 Å². The van der Waals surface area contributed by atoms with Gasteiger partial charge in [0.2, 0.25) is 0 Å². The maximum atomic E-state index is 12.2. The zero-order valence-corrected chi connectivity index (χ0v) is 16.4. The molecule has 0 spiro atoms. The molecular weight excluding hydrogens is 354 g/mol. The second kappa shape index (κ2) is 10.2. The van der Waals surface area contributed by atoms with E-state index < -0.39 is 0 Å². The highest BCUT2D eigenvalue weighted by Crippen LogP contribution is 2.23. The van der Waals surface area contributed by atoms with Gasteiger partial charge >= 0.3 is 0 Å². The Hall–Kier alpha value is -2.44. The molecule has 6 nitrogen and oxygen atoms in total. The topological polar surface area (TPSA) is 74.7 Å². The van der Waals surface area contributed by atoms with E-state index in [1.54, 1.807) is 24.5 Å². The number of hydrogen-bond donors (Lipinski definition) is 2. The lowest BCUT2D eigenvalue weighted by molar-refractivity contribution is 0.0930. The highest BCUT2D eigenvalue weighted by molar-refractivity contribution is 5.93. The monoisotopic (exact) mass is 383 g/mol. The summed E-state index contributed by atoms with van der Waals surface area (Å²) in [7, 11) is 0. The van der Waals surface area contributed by atoms with Crippen molar-refractivity contribution in [2.24, 2.45) is 5.92 Å². The fourth-order valence-electron chi connectivity index (χ4n) is 3.71. The first kappa shape index (κ1) is 20.3. The second-order valence-corrected chi connectivity index (χ2v) is 7.23. The molecule has 150 valence electrons. The van der Waals surface area contributed by atoms with Crippen molar-refractivity contribution in [1.82, 2.24) is 15.2 Å². The number of amides is 1. The van der Waals surface area contributed by atoms with Crippen LogP contribution in [0.3, 0.4) is 0 Å². The maximum absolute atomic E-state index is 12.2. The van der Waals surface area contributed by atoms with Gasteiger partial charge in [-0.1, -0.05) is 6.07 Å². The van der Waals surface area contributed by atoms with Crippen LogP contribution in [0, 0.1) is 5.92 Å². The number of carbonyl (C=O) groups is 1. The summed E-state index contributed by atoms with van der Waals surface area (Å²) in [6, 6.07) is 9.59. The second-order valence-electron chi connectivity index (χ2n) is 7.23. The molecule has 0 saturated carbocycles. The molecule has 1 aromatic carbocycles. The van der Waals surface area contributed by atoms with Crippen LogP contribution in [0.25, 0.3) is 0 Å². The summed E-state index contributed by atoms with van der Waals surface area (Å²) in [5, 5.41) is 12.6. The molecule has 6 heteroatoms. The summed E-state index contributed by atoms with van der Waals surface area (Å²) >= 11 is 0. The number of hydrogen-bond acceptors (Lipinski definition) is 5. The van der Waals surface area contributed by atoms with E-state index in [0.717, 1.165) is 43.8 Å². The molecule has 2 aromatic rings. The minimum Gasteiger partial charge on any atom is -0.494 e. The van der Waals surface area contributed by atoms with Crippen molar-refractivity contribution in [3.63, 3.8) is 0 Å². The third-order valence-corrected chi connectivity index (χ3v) is 5.08. The Kier molecular flexibility index (Phi) is 7.39. The standard InChI is InChI=1S/C22H29N3O3/c1-2-28-21-8-7-17(11-20(21)16-26)14-25-10-4-5-18(15-25)12-24-22(27)19-6-3-9-23-13-19/h3,6-9,11,13,18,26H,2,4-5,10,12,14-16H2,1H3,(H,24,27). The van der Waals surface area contributed by atoms with Gasteiger partial charge < -0.3 is 15.2 Å². The molecule has 1 aliphatic rings. The highest BCUT2D eigenvalue weighted by Gasteiger charge is 2.21. The average molecular weight is 383 g/mol. The van der Waals surface area contributed by atoms with Gasteiger partial charge in [0.25, 0.3) is 5.91 Å². The predicted octanol–water partition coefficient (Wildman–Crippen LogP) is 2.61. The van der Waals surface area contributed by atoms with Crippen LogP contribution < -0.4 is 10.1 Å². The molecule has 1 unspecified atom stereocenters. The van der Waals surface area contributed by atoms with Crippen molar-refractivity contribution in [2.45, 2.75) is 32.9 Å². The van der Waals surface area contributed by atoms with Gasteiger partial charge in [-0.3, -0.25) is 14.7 Å². The Bertz CT molecular complexity index is 767. The van der Waals surface area contributed by atoms with Crippen LogP contribution in [0.15, 0.2) is 42.7 Å². The minimum absolute atomic E-state index is 0.0217. The SMILES string of the molecule is CCOc1ccc(CN2CCCC(CNC(=O)c3cccnc3)C2)cc1CO. The average Bonchev–Trinajstić information content (AvgIpc) is 2.74. The molecule has 2 heterocycles. The van der Waals surface area contributed by atoms with Gasteiger partial charge in [-0.15, -0.1) is 0 Å². The summed E-state index contributed by atoms with van der Waals surface area (Å²) < 4.78 is 5.56. The van der Waals surface area contributed by atoms with Crippen molar-refractivity contribution in [1.29, 1.82) is 0 Å². The smallest absolute Gasteiger partial charge is 0.252 e. The summed E-state index contributed by atoms with van der Waals surface area (Å²) in [4.78, 5) is 18.6. The fraction of sp³-hybridized carbons (Fsp3) is 0.455. The number of aliphatic hydroxyl groups is 1. The van der Waals surface area contributed by atoms with E-state index in [4.69, 9.17) is 4.74 Å². The summed E-state index contributed by atoms with van der Waals surface area (Å²) in [5.74, 6) is 1.13. The van der Waals surface area contributed by atoms with Crippen LogP contribution in [0.2, 0.25) is 0 Å². The predicted molar refractivity (Wildman–Crippen MR) is 108 cm³/mol. The van der Waals surface area contributed by atoms with Gasteiger partial charge in [-0.05, 0) is 62.1 Å². The third-order valence-electron chi connectivity index (χ3n) is 5.08. The number of nitrogens with one attached hydrogen (secondary N) is 1. The van der Waals surface area contributed by atoms with Crippen LogP contribution in [-0.2, 0) is 13.2 Å². The van der Waals surface area contributed by atoms with Gasteiger partial charge in [-0.2, -0.15) is 0 Å². The van der Waals surface area contributed by atoms with Crippen molar-refractivity contribution in [3.8, 4) is 5.75 Å². The van der Waals surface area contributed by atoms with Crippen LogP contribution in [0.5, 0.6) is 5.75 Å². The van der Waals surface area contributed by atoms with Gasteiger partial charge in [0, 0.05) is 37.6 Å². The van der Waals surface area contributed by atoms with Gasteiger partial charge in [-0.25, -0.2) is 0 Å². The van der Waals surface area contributed by atoms with Crippen LogP contribution in [-0.4, -0.2) is 47.1 Å². The molecule has 1 atom stereocenters. The van der Waals surface area contributed by atoms with E-state index in [1.807, 2.05) is 19.1 Å². The highest BCUT2D eigenvalue weighted by atomic mass is 16.5. The molecule has 0 aliphatic carbocycles. The normalized spacial score (nSPS) is 17.3. The molecule has 28 heavy (non-hydrogen) atoms. The van der Waals surface area contributed by atoms with Gasteiger partial charge in [0.15, 0.2) is 0 Å². The molecule has 1 saturated heterocycles. The van der Waals surface area contributed by atoms with Crippen molar-refractivity contribution < 1.29 is 14.6 Å². The Morgan fingerprint density at radius 1 is 1.39 bits per heavy atom.